The van der Waals surface area contributed by atoms with E-state index in [0.717, 1.165) is 5.56 Å². The molecule has 194 valence electrons. The van der Waals surface area contributed by atoms with E-state index in [0.29, 0.717) is 25.8 Å². The zero-order valence-corrected chi connectivity index (χ0v) is 21.4. The highest BCUT2D eigenvalue weighted by molar-refractivity contribution is 5.89. The molecule has 0 aromatic heterocycles. The second kappa shape index (κ2) is 13.1. The van der Waals surface area contributed by atoms with Crippen molar-refractivity contribution in [2.75, 3.05) is 13.1 Å². The molecule has 2 atom stereocenters. The van der Waals surface area contributed by atoms with Gasteiger partial charge in [0.2, 0.25) is 0 Å². The number of rotatable bonds is 10. The summed E-state index contributed by atoms with van der Waals surface area (Å²) in [5.74, 6) is -1.38. The zero-order valence-electron chi connectivity index (χ0n) is 21.4. The first-order valence-corrected chi connectivity index (χ1v) is 12.1. The molecule has 0 spiro atoms. The van der Waals surface area contributed by atoms with Gasteiger partial charge >= 0.3 is 18.0 Å². The van der Waals surface area contributed by atoms with E-state index in [9.17, 15) is 19.2 Å². The first kappa shape index (κ1) is 28.1. The van der Waals surface area contributed by atoms with Gasteiger partial charge in [-0.1, -0.05) is 44.2 Å². The number of carbonyl (C=O) groups is 4. The Morgan fingerprint density at radius 2 is 1.80 bits per heavy atom. The van der Waals surface area contributed by atoms with Gasteiger partial charge in [-0.05, 0) is 51.5 Å². The smallest absolute Gasteiger partial charge is 0.407 e. The number of carbonyl (C=O) groups excluding carboxylic acids is 4. The van der Waals surface area contributed by atoms with Crippen LogP contribution in [-0.2, 0) is 35.2 Å². The lowest BCUT2D eigenvalue weighted by atomic mass is 10.0. The van der Waals surface area contributed by atoms with Crippen LogP contribution in [0.1, 0.15) is 65.9 Å². The van der Waals surface area contributed by atoms with E-state index in [4.69, 9.17) is 14.2 Å². The van der Waals surface area contributed by atoms with Crippen LogP contribution in [0, 0.1) is 5.92 Å². The summed E-state index contributed by atoms with van der Waals surface area (Å²) in [6.07, 6.45) is -0.253. The van der Waals surface area contributed by atoms with Gasteiger partial charge in [-0.3, -0.25) is 9.59 Å². The van der Waals surface area contributed by atoms with E-state index >= 15 is 0 Å². The van der Waals surface area contributed by atoms with Gasteiger partial charge in [0.05, 0.1) is 6.42 Å². The van der Waals surface area contributed by atoms with Crippen LogP contribution in [0.5, 0.6) is 0 Å². The molecule has 9 heteroatoms. The summed E-state index contributed by atoms with van der Waals surface area (Å²) in [5, 5.41) is 2.50. The highest BCUT2D eigenvalue weighted by Crippen LogP contribution is 2.23. The lowest BCUT2D eigenvalue weighted by Crippen LogP contribution is -2.47. The molecule has 0 aliphatic carbocycles. The monoisotopic (exact) mass is 490 g/mol. The Bertz CT molecular complexity index is 864. The Morgan fingerprint density at radius 3 is 2.43 bits per heavy atom. The first-order chi connectivity index (χ1) is 16.5. The number of esters is 2. The predicted octanol–water partition coefficient (Wildman–Crippen LogP) is 3.59. The van der Waals surface area contributed by atoms with Crippen LogP contribution in [-0.4, -0.2) is 59.7 Å². The average Bonchev–Trinajstić information content (AvgIpc) is 3.25. The SMILES string of the molecule is CC(C)C[C@@H](OC(=O)CCNC(=O)OC(C)(C)C)C(=O)N1CCC[C@H]1C(=O)OCc1ccccc1. The maximum atomic E-state index is 13.3. The number of hydrogen-bond donors (Lipinski definition) is 1. The average molecular weight is 491 g/mol. The highest BCUT2D eigenvalue weighted by atomic mass is 16.6. The fourth-order valence-electron chi connectivity index (χ4n) is 3.71. The van der Waals surface area contributed by atoms with E-state index in [-0.39, 0.29) is 25.5 Å². The van der Waals surface area contributed by atoms with Crippen molar-refractivity contribution in [2.24, 2.45) is 5.92 Å². The van der Waals surface area contributed by atoms with Gasteiger partial charge in [0, 0.05) is 13.1 Å². The van der Waals surface area contributed by atoms with Gasteiger partial charge in [0.15, 0.2) is 6.10 Å². The number of benzene rings is 1. The quantitative estimate of drug-likeness (QED) is 0.394. The molecule has 1 fully saturated rings. The topological polar surface area (TPSA) is 111 Å². The molecule has 9 nitrogen and oxygen atoms in total. The Labute approximate surface area is 207 Å². The number of nitrogens with one attached hydrogen (secondary N) is 1. The van der Waals surface area contributed by atoms with E-state index in [1.807, 2.05) is 44.2 Å². The number of nitrogens with zero attached hydrogens (tertiary/aromatic N) is 1. The number of alkyl carbamates (subject to hydrolysis) is 1. The van der Waals surface area contributed by atoms with Crippen LogP contribution in [0.4, 0.5) is 4.79 Å². The van der Waals surface area contributed by atoms with Crippen LogP contribution < -0.4 is 5.32 Å². The second-order valence-corrected chi connectivity index (χ2v) is 10.1. The summed E-state index contributed by atoms with van der Waals surface area (Å²) in [6, 6.07) is 8.63. The standard InChI is InChI=1S/C26H38N2O7/c1-18(2)16-21(34-22(29)13-14-27-25(32)35-26(3,4)5)23(30)28-15-9-12-20(28)24(31)33-17-19-10-7-6-8-11-19/h6-8,10-11,18,20-21H,9,12-17H2,1-5H3,(H,27,32)/t20-,21+/m0/s1. The lowest BCUT2D eigenvalue weighted by molar-refractivity contribution is -0.165. The molecular weight excluding hydrogens is 452 g/mol. The Hall–Kier alpha value is -3.10. The Kier molecular flexibility index (Phi) is 10.5. The summed E-state index contributed by atoms with van der Waals surface area (Å²) in [5.41, 5.74) is 0.219. The molecule has 1 heterocycles. The number of amides is 2. The third-order valence-corrected chi connectivity index (χ3v) is 5.26. The molecule has 1 aromatic rings. The third-order valence-electron chi connectivity index (χ3n) is 5.26. The van der Waals surface area contributed by atoms with Crippen molar-refractivity contribution >= 4 is 23.9 Å². The van der Waals surface area contributed by atoms with Gasteiger partial charge in [0.25, 0.3) is 5.91 Å². The summed E-state index contributed by atoms with van der Waals surface area (Å²) < 4.78 is 16.1. The fourth-order valence-corrected chi connectivity index (χ4v) is 3.71. The van der Waals surface area contributed by atoms with Gasteiger partial charge < -0.3 is 24.4 Å². The van der Waals surface area contributed by atoms with Gasteiger partial charge in [-0.2, -0.15) is 0 Å². The van der Waals surface area contributed by atoms with Crippen LogP contribution in [0.15, 0.2) is 30.3 Å². The molecular formula is C26H38N2O7. The van der Waals surface area contributed by atoms with Crippen LogP contribution in [0.2, 0.25) is 0 Å². The van der Waals surface area contributed by atoms with Gasteiger partial charge in [-0.25, -0.2) is 9.59 Å². The second-order valence-electron chi connectivity index (χ2n) is 10.1. The normalized spacial score (nSPS) is 16.5. The summed E-state index contributed by atoms with van der Waals surface area (Å²) in [7, 11) is 0. The Morgan fingerprint density at radius 1 is 1.11 bits per heavy atom. The molecule has 1 saturated heterocycles. The number of hydrogen-bond acceptors (Lipinski definition) is 7. The van der Waals surface area contributed by atoms with Gasteiger partial charge in [-0.15, -0.1) is 0 Å². The predicted molar refractivity (Wildman–Crippen MR) is 129 cm³/mol. The Balaban J connectivity index is 1.92. The summed E-state index contributed by atoms with van der Waals surface area (Å²) >= 11 is 0. The maximum Gasteiger partial charge on any atom is 0.407 e. The highest BCUT2D eigenvalue weighted by Gasteiger charge is 2.39. The van der Waals surface area contributed by atoms with E-state index in [2.05, 4.69) is 5.32 Å². The van der Waals surface area contributed by atoms with Crippen molar-refractivity contribution in [3.05, 3.63) is 35.9 Å². The molecule has 0 saturated carbocycles. The number of ether oxygens (including phenoxy) is 3. The maximum absolute atomic E-state index is 13.3. The van der Waals surface area contributed by atoms with Crippen LogP contribution >= 0.6 is 0 Å². The van der Waals surface area contributed by atoms with Crippen molar-refractivity contribution in [3.8, 4) is 0 Å². The molecule has 2 rings (SSSR count). The van der Waals surface area contributed by atoms with Crippen molar-refractivity contribution in [2.45, 2.75) is 84.7 Å². The molecule has 35 heavy (non-hydrogen) atoms. The summed E-state index contributed by atoms with van der Waals surface area (Å²) in [6.45, 7) is 9.63. The van der Waals surface area contributed by atoms with Crippen molar-refractivity contribution in [3.63, 3.8) is 0 Å². The largest absolute Gasteiger partial charge is 0.459 e. The van der Waals surface area contributed by atoms with Crippen molar-refractivity contribution < 1.29 is 33.4 Å². The molecule has 2 amide bonds. The third kappa shape index (κ3) is 9.96. The molecule has 0 radical (unpaired) electrons. The molecule has 0 bridgehead atoms. The first-order valence-electron chi connectivity index (χ1n) is 12.1. The van der Waals surface area contributed by atoms with E-state index in [1.165, 1.54) is 4.90 Å². The van der Waals surface area contributed by atoms with Crippen LogP contribution in [0.3, 0.4) is 0 Å². The molecule has 1 aliphatic heterocycles. The van der Waals surface area contributed by atoms with Crippen LogP contribution in [0.25, 0.3) is 0 Å². The van der Waals surface area contributed by atoms with Gasteiger partial charge in [0.1, 0.15) is 18.2 Å². The van der Waals surface area contributed by atoms with E-state index in [1.54, 1.807) is 20.8 Å². The molecule has 0 unspecified atom stereocenters. The molecule has 1 aliphatic rings. The van der Waals surface area contributed by atoms with Crippen molar-refractivity contribution in [1.82, 2.24) is 10.2 Å². The lowest BCUT2D eigenvalue weighted by Gasteiger charge is -2.28. The number of likely N-dealkylation sites (tertiary alicyclic amines) is 1. The summed E-state index contributed by atoms with van der Waals surface area (Å²) in [4.78, 5) is 51.7. The van der Waals surface area contributed by atoms with Crippen molar-refractivity contribution in [1.29, 1.82) is 0 Å². The van der Waals surface area contributed by atoms with E-state index < -0.39 is 41.7 Å². The minimum Gasteiger partial charge on any atom is -0.459 e. The molecule has 1 aromatic carbocycles. The minimum absolute atomic E-state index is 0.0223. The fraction of sp³-hybridized carbons (Fsp3) is 0.615. The minimum atomic E-state index is -1.01. The zero-order chi connectivity index (χ0) is 26.0. The molecule has 1 N–H and O–H groups in total.